The van der Waals surface area contributed by atoms with Crippen molar-refractivity contribution >= 4 is 5.96 Å². The molecule has 1 N–H and O–H groups in total. The number of ether oxygens (including phenoxy) is 2. The lowest BCUT2D eigenvalue weighted by Crippen LogP contribution is -2.46. The maximum atomic E-state index is 5.45. The predicted octanol–water partition coefficient (Wildman–Crippen LogP) is 0.785. The van der Waals surface area contributed by atoms with Gasteiger partial charge in [0.15, 0.2) is 5.96 Å². The normalized spacial score (nSPS) is 24.0. The minimum Gasteiger partial charge on any atom is -0.385 e. The van der Waals surface area contributed by atoms with Crippen LogP contribution in [-0.4, -0.2) is 88.5 Å². The van der Waals surface area contributed by atoms with Crippen molar-refractivity contribution in [3.8, 4) is 0 Å². The van der Waals surface area contributed by atoms with E-state index in [1.54, 1.807) is 7.11 Å². The number of hydrogen-bond donors (Lipinski definition) is 1. The van der Waals surface area contributed by atoms with Gasteiger partial charge in [-0.15, -0.1) is 0 Å². The Bertz CT molecular complexity index is 332. The first-order valence-corrected chi connectivity index (χ1v) is 8.61. The number of guanidine groups is 1. The van der Waals surface area contributed by atoms with E-state index in [1.165, 1.54) is 19.3 Å². The molecule has 6 heteroatoms. The van der Waals surface area contributed by atoms with Crippen LogP contribution in [0, 0.1) is 0 Å². The van der Waals surface area contributed by atoms with Gasteiger partial charge in [-0.25, -0.2) is 0 Å². The Morgan fingerprint density at radius 3 is 2.77 bits per heavy atom. The maximum Gasteiger partial charge on any atom is 0.193 e. The predicted molar refractivity (Wildman–Crippen MR) is 89.5 cm³/mol. The van der Waals surface area contributed by atoms with E-state index in [0.29, 0.717) is 6.04 Å². The Hall–Kier alpha value is -0.850. The van der Waals surface area contributed by atoms with Crippen LogP contribution in [0.4, 0.5) is 0 Å². The highest BCUT2D eigenvalue weighted by molar-refractivity contribution is 5.80. The van der Waals surface area contributed by atoms with Gasteiger partial charge < -0.3 is 19.7 Å². The van der Waals surface area contributed by atoms with Crippen molar-refractivity contribution in [2.75, 3.05) is 66.7 Å². The molecule has 2 aliphatic rings. The SMILES string of the molecule is CN=C(NCCCCCOC)N1CCC(N2CCOCC2)C1. The van der Waals surface area contributed by atoms with Crippen LogP contribution in [0.3, 0.4) is 0 Å². The topological polar surface area (TPSA) is 49.3 Å². The fraction of sp³-hybridized carbons (Fsp3) is 0.938. The molecule has 2 heterocycles. The van der Waals surface area contributed by atoms with Gasteiger partial charge in [-0.05, 0) is 25.7 Å². The Morgan fingerprint density at radius 1 is 1.23 bits per heavy atom. The molecule has 2 aliphatic heterocycles. The van der Waals surface area contributed by atoms with Crippen molar-refractivity contribution in [3.63, 3.8) is 0 Å². The van der Waals surface area contributed by atoms with Crippen molar-refractivity contribution in [1.82, 2.24) is 15.1 Å². The molecule has 2 fully saturated rings. The van der Waals surface area contributed by atoms with E-state index in [-0.39, 0.29) is 0 Å². The standard InChI is InChI=1S/C16H32N4O2/c1-17-16(18-7-4-3-5-11-21-2)20-8-6-15(14-20)19-9-12-22-13-10-19/h15H,3-14H2,1-2H3,(H,17,18). The summed E-state index contributed by atoms with van der Waals surface area (Å²) in [5, 5.41) is 3.50. The first kappa shape index (κ1) is 17.5. The van der Waals surface area contributed by atoms with E-state index >= 15 is 0 Å². The number of methoxy groups -OCH3 is 1. The van der Waals surface area contributed by atoms with E-state index < -0.39 is 0 Å². The molecule has 2 saturated heterocycles. The molecule has 0 aromatic carbocycles. The van der Waals surface area contributed by atoms with Crippen LogP contribution in [0.2, 0.25) is 0 Å². The maximum absolute atomic E-state index is 5.45. The second-order valence-corrected chi connectivity index (χ2v) is 6.06. The number of unbranched alkanes of at least 4 members (excludes halogenated alkanes) is 2. The third-order valence-electron chi connectivity index (χ3n) is 4.55. The summed E-state index contributed by atoms with van der Waals surface area (Å²) in [6, 6.07) is 0.657. The zero-order valence-corrected chi connectivity index (χ0v) is 14.2. The summed E-state index contributed by atoms with van der Waals surface area (Å²) >= 11 is 0. The first-order chi connectivity index (χ1) is 10.8. The monoisotopic (exact) mass is 312 g/mol. The van der Waals surface area contributed by atoms with E-state index in [0.717, 1.165) is 64.9 Å². The lowest BCUT2D eigenvalue weighted by molar-refractivity contribution is 0.0195. The van der Waals surface area contributed by atoms with Crippen LogP contribution < -0.4 is 5.32 Å². The quantitative estimate of drug-likeness (QED) is 0.428. The average Bonchev–Trinajstić information content (AvgIpc) is 3.05. The van der Waals surface area contributed by atoms with Gasteiger partial charge in [0.1, 0.15) is 0 Å². The zero-order valence-electron chi connectivity index (χ0n) is 14.2. The zero-order chi connectivity index (χ0) is 15.6. The Morgan fingerprint density at radius 2 is 2.05 bits per heavy atom. The van der Waals surface area contributed by atoms with Gasteiger partial charge in [-0.3, -0.25) is 9.89 Å². The minimum absolute atomic E-state index is 0.657. The molecule has 128 valence electrons. The van der Waals surface area contributed by atoms with Crippen LogP contribution in [0.5, 0.6) is 0 Å². The molecule has 0 amide bonds. The number of likely N-dealkylation sites (tertiary alicyclic amines) is 1. The van der Waals surface area contributed by atoms with E-state index in [2.05, 4.69) is 20.1 Å². The number of morpholine rings is 1. The molecule has 0 spiro atoms. The molecule has 6 nitrogen and oxygen atoms in total. The number of hydrogen-bond acceptors (Lipinski definition) is 4. The van der Waals surface area contributed by atoms with Gasteiger partial charge in [0.25, 0.3) is 0 Å². The molecule has 0 bridgehead atoms. The Labute approximate surface area is 134 Å². The molecule has 0 radical (unpaired) electrons. The number of aliphatic imine (C=N–C) groups is 1. The highest BCUT2D eigenvalue weighted by Crippen LogP contribution is 2.17. The van der Waals surface area contributed by atoms with Gasteiger partial charge in [-0.2, -0.15) is 0 Å². The minimum atomic E-state index is 0.657. The molecule has 0 aromatic rings. The number of rotatable bonds is 7. The van der Waals surface area contributed by atoms with Gasteiger partial charge in [0.05, 0.1) is 13.2 Å². The fourth-order valence-corrected chi connectivity index (χ4v) is 3.26. The Balaban J connectivity index is 1.66. The van der Waals surface area contributed by atoms with Crippen LogP contribution >= 0.6 is 0 Å². The molecule has 0 aromatic heterocycles. The summed E-state index contributed by atoms with van der Waals surface area (Å²) < 4.78 is 10.5. The summed E-state index contributed by atoms with van der Waals surface area (Å²) in [5.41, 5.74) is 0. The Kier molecular flexibility index (Phi) is 7.98. The number of nitrogens with zero attached hydrogens (tertiary/aromatic N) is 3. The second kappa shape index (κ2) is 10.0. The molecule has 1 unspecified atom stereocenters. The molecule has 0 saturated carbocycles. The van der Waals surface area contributed by atoms with Crippen molar-refractivity contribution in [3.05, 3.63) is 0 Å². The molecular formula is C16H32N4O2. The lowest BCUT2D eigenvalue weighted by atomic mass is 10.2. The highest BCUT2D eigenvalue weighted by Gasteiger charge is 2.30. The van der Waals surface area contributed by atoms with Gasteiger partial charge >= 0.3 is 0 Å². The molecule has 0 aliphatic carbocycles. The van der Waals surface area contributed by atoms with Crippen LogP contribution in [0.25, 0.3) is 0 Å². The van der Waals surface area contributed by atoms with E-state index in [1.807, 2.05) is 7.05 Å². The molecule has 1 atom stereocenters. The van der Waals surface area contributed by atoms with Crippen molar-refractivity contribution < 1.29 is 9.47 Å². The summed E-state index contributed by atoms with van der Waals surface area (Å²) in [4.78, 5) is 9.42. The second-order valence-electron chi connectivity index (χ2n) is 6.06. The van der Waals surface area contributed by atoms with Gasteiger partial charge in [-0.1, -0.05) is 0 Å². The summed E-state index contributed by atoms with van der Waals surface area (Å²) in [6.45, 7) is 7.95. The molecule has 22 heavy (non-hydrogen) atoms. The van der Waals surface area contributed by atoms with Gasteiger partial charge in [0, 0.05) is 59.5 Å². The van der Waals surface area contributed by atoms with Crippen molar-refractivity contribution in [2.24, 2.45) is 4.99 Å². The lowest BCUT2D eigenvalue weighted by Gasteiger charge is -2.32. The average molecular weight is 312 g/mol. The largest absolute Gasteiger partial charge is 0.385 e. The first-order valence-electron chi connectivity index (χ1n) is 8.61. The third kappa shape index (κ3) is 5.41. The van der Waals surface area contributed by atoms with Crippen molar-refractivity contribution in [1.29, 1.82) is 0 Å². The summed E-state index contributed by atoms with van der Waals surface area (Å²) in [6.07, 6.45) is 4.74. The smallest absolute Gasteiger partial charge is 0.193 e. The fourth-order valence-electron chi connectivity index (χ4n) is 3.26. The van der Waals surface area contributed by atoms with Crippen LogP contribution in [-0.2, 0) is 9.47 Å². The van der Waals surface area contributed by atoms with Crippen LogP contribution in [0.15, 0.2) is 4.99 Å². The third-order valence-corrected chi connectivity index (χ3v) is 4.55. The molecule has 2 rings (SSSR count). The number of nitrogens with one attached hydrogen (secondary N) is 1. The highest BCUT2D eigenvalue weighted by atomic mass is 16.5. The van der Waals surface area contributed by atoms with Crippen LogP contribution in [0.1, 0.15) is 25.7 Å². The van der Waals surface area contributed by atoms with E-state index in [9.17, 15) is 0 Å². The van der Waals surface area contributed by atoms with Crippen molar-refractivity contribution in [2.45, 2.75) is 31.7 Å². The van der Waals surface area contributed by atoms with Gasteiger partial charge in [0.2, 0.25) is 0 Å². The summed E-state index contributed by atoms with van der Waals surface area (Å²) in [7, 11) is 3.65. The van der Waals surface area contributed by atoms with E-state index in [4.69, 9.17) is 9.47 Å². The summed E-state index contributed by atoms with van der Waals surface area (Å²) in [5.74, 6) is 1.06. The molecular weight excluding hydrogens is 280 g/mol.